The van der Waals surface area contributed by atoms with Crippen LogP contribution in [0.1, 0.15) is 45.1 Å². The standard InChI is InChI=1S/C23H35N3O2/c1-18(23(28)26-15-11-22(12-16-26)24(3)19(2)27)25-13-9-21(10-14-25)17-20-7-5-4-6-8-20/h4-8,18,21-22H,9-17H2,1-3H3. The fourth-order valence-corrected chi connectivity index (χ4v) is 4.64. The molecule has 2 saturated heterocycles. The second-order valence-electron chi connectivity index (χ2n) is 8.53. The van der Waals surface area contributed by atoms with Crippen LogP contribution in [0, 0.1) is 5.92 Å². The van der Waals surface area contributed by atoms with Crippen molar-refractivity contribution in [3.63, 3.8) is 0 Å². The van der Waals surface area contributed by atoms with E-state index in [1.165, 1.54) is 5.56 Å². The molecule has 2 fully saturated rings. The molecule has 0 bridgehead atoms. The molecule has 5 heteroatoms. The van der Waals surface area contributed by atoms with Crippen LogP contribution in [0.25, 0.3) is 0 Å². The van der Waals surface area contributed by atoms with Gasteiger partial charge in [-0.2, -0.15) is 0 Å². The number of hydrogen-bond donors (Lipinski definition) is 0. The Morgan fingerprint density at radius 3 is 2.21 bits per heavy atom. The number of carbonyl (C=O) groups excluding carboxylic acids is 2. The van der Waals surface area contributed by atoms with Gasteiger partial charge in [-0.05, 0) is 63.6 Å². The molecular formula is C23H35N3O2. The summed E-state index contributed by atoms with van der Waals surface area (Å²) in [5, 5.41) is 0. The van der Waals surface area contributed by atoms with Crippen LogP contribution in [0.15, 0.2) is 30.3 Å². The Morgan fingerprint density at radius 1 is 1.04 bits per heavy atom. The molecule has 2 amide bonds. The number of nitrogens with zero attached hydrogens (tertiary/aromatic N) is 3. The van der Waals surface area contributed by atoms with Gasteiger partial charge in [0.15, 0.2) is 0 Å². The third-order valence-electron chi connectivity index (χ3n) is 6.74. The first-order valence-electron chi connectivity index (χ1n) is 10.8. The minimum Gasteiger partial charge on any atom is -0.343 e. The average molecular weight is 386 g/mol. The molecule has 2 aliphatic rings. The highest BCUT2D eigenvalue weighted by Gasteiger charge is 2.32. The molecule has 2 heterocycles. The molecule has 1 atom stereocenters. The number of likely N-dealkylation sites (tertiary alicyclic amines) is 2. The van der Waals surface area contributed by atoms with Gasteiger partial charge >= 0.3 is 0 Å². The predicted molar refractivity (Wildman–Crippen MR) is 112 cm³/mol. The fourth-order valence-electron chi connectivity index (χ4n) is 4.64. The monoisotopic (exact) mass is 385 g/mol. The van der Waals surface area contributed by atoms with Gasteiger partial charge in [0.2, 0.25) is 11.8 Å². The lowest BCUT2D eigenvalue weighted by molar-refractivity contribution is -0.139. The van der Waals surface area contributed by atoms with E-state index in [1.807, 2.05) is 16.8 Å². The van der Waals surface area contributed by atoms with Crippen LogP contribution in [0.3, 0.4) is 0 Å². The Morgan fingerprint density at radius 2 is 1.64 bits per heavy atom. The Kier molecular flexibility index (Phi) is 7.11. The van der Waals surface area contributed by atoms with Crippen LogP contribution in [0.4, 0.5) is 0 Å². The van der Waals surface area contributed by atoms with E-state index in [2.05, 4.69) is 42.2 Å². The third kappa shape index (κ3) is 5.13. The number of carbonyl (C=O) groups is 2. The second-order valence-corrected chi connectivity index (χ2v) is 8.53. The SMILES string of the molecule is CC(=O)N(C)C1CCN(C(=O)C(C)N2CCC(Cc3ccccc3)CC2)CC1. The van der Waals surface area contributed by atoms with Crippen molar-refractivity contribution in [2.75, 3.05) is 33.2 Å². The van der Waals surface area contributed by atoms with Crippen molar-refractivity contribution < 1.29 is 9.59 Å². The smallest absolute Gasteiger partial charge is 0.239 e. The quantitative estimate of drug-likeness (QED) is 0.783. The molecule has 0 radical (unpaired) electrons. The largest absolute Gasteiger partial charge is 0.343 e. The maximum absolute atomic E-state index is 13.0. The lowest BCUT2D eigenvalue weighted by atomic mass is 9.89. The van der Waals surface area contributed by atoms with E-state index in [-0.39, 0.29) is 23.9 Å². The highest BCUT2D eigenvalue weighted by Crippen LogP contribution is 2.24. The number of piperidine rings is 2. The summed E-state index contributed by atoms with van der Waals surface area (Å²) < 4.78 is 0. The van der Waals surface area contributed by atoms with E-state index >= 15 is 0 Å². The van der Waals surface area contributed by atoms with Crippen molar-refractivity contribution in [3.8, 4) is 0 Å². The van der Waals surface area contributed by atoms with Gasteiger partial charge in [-0.1, -0.05) is 30.3 Å². The van der Waals surface area contributed by atoms with Gasteiger partial charge in [-0.25, -0.2) is 0 Å². The van der Waals surface area contributed by atoms with Gasteiger partial charge in [0.25, 0.3) is 0 Å². The van der Waals surface area contributed by atoms with Crippen LogP contribution in [0.2, 0.25) is 0 Å². The number of benzene rings is 1. The molecule has 28 heavy (non-hydrogen) atoms. The molecule has 0 saturated carbocycles. The van der Waals surface area contributed by atoms with Gasteiger partial charge in [0, 0.05) is 33.1 Å². The van der Waals surface area contributed by atoms with E-state index in [1.54, 1.807) is 6.92 Å². The topological polar surface area (TPSA) is 43.9 Å². The van der Waals surface area contributed by atoms with Crippen LogP contribution in [0.5, 0.6) is 0 Å². The zero-order valence-corrected chi connectivity index (χ0v) is 17.6. The van der Waals surface area contributed by atoms with E-state index in [0.29, 0.717) is 0 Å². The van der Waals surface area contributed by atoms with Crippen molar-refractivity contribution in [1.82, 2.24) is 14.7 Å². The first kappa shape index (κ1) is 20.8. The van der Waals surface area contributed by atoms with Gasteiger partial charge in [0.1, 0.15) is 0 Å². The molecule has 3 rings (SSSR count). The van der Waals surface area contributed by atoms with E-state index in [9.17, 15) is 9.59 Å². The number of rotatable bonds is 5. The zero-order valence-electron chi connectivity index (χ0n) is 17.6. The minimum atomic E-state index is -0.0419. The van der Waals surface area contributed by atoms with Crippen LogP contribution >= 0.6 is 0 Å². The molecule has 1 aromatic rings. The molecule has 154 valence electrons. The van der Waals surface area contributed by atoms with Gasteiger partial charge in [-0.3, -0.25) is 14.5 Å². The Labute approximate surface area is 169 Å². The number of amides is 2. The van der Waals surface area contributed by atoms with Crippen LogP contribution in [-0.4, -0.2) is 71.8 Å². The fraction of sp³-hybridized carbons (Fsp3) is 0.652. The summed E-state index contributed by atoms with van der Waals surface area (Å²) >= 11 is 0. The van der Waals surface area contributed by atoms with Crippen molar-refractivity contribution in [2.45, 2.75) is 58.0 Å². The molecule has 2 aliphatic heterocycles. The lowest BCUT2D eigenvalue weighted by Crippen LogP contribution is -2.53. The van der Waals surface area contributed by atoms with E-state index in [0.717, 1.165) is 64.2 Å². The van der Waals surface area contributed by atoms with Gasteiger partial charge < -0.3 is 9.80 Å². The molecule has 1 unspecified atom stereocenters. The summed E-state index contributed by atoms with van der Waals surface area (Å²) in [5.41, 5.74) is 1.42. The molecule has 0 aliphatic carbocycles. The highest BCUT2D eigenvalue weighted by molar-refractivity contribution is 5.81. The average Bonchev–Trinajstić information content (AvgIpc) is 2.73. The summed E-state index contributed by atoms with van der Waals surface area (Å²) in [5.74, 6) is 1.08. The van der Waals surface area contributed by atoms with Crippen molar-refractivity contribution >= 4 is 11.8 Å². The molecule has 0 spiro atoms. The summed E-state index contributed by atoms with van der Waals surface area (Å²) in [6, 6.07) is 11.0. The maximum atomic E-state index is 13.0. The predicted octanol–water partition coefficient (Wildman–Crippen LogP) is 2.80. The molecule has 0 aromatic heterocycles. The molecule has 0 N–H and O–H groups in total. The molecular weight excluding hydrogens is 350 g/mol. The van der Waals surface area contributed by atoms with Crippen molar-refractivity contribution in [2.24, 2.45) is 5.92 Å². The Balaban J connectivity index is 1.44. The highest BCUT2D eigenvalue weighted by atomic mass is 16.2. The van der Waals surface area contributed by atoms with Crippen molar-refractivity contribution in [1.29, 1.82) is 0 Å². The summed E-state index contributed by atoms with van der Waals surface area (Å²) in [6.45, 7) is 7.21. The Hall–Kier alpha value is -1.88. The van der Waals surface area contributed by atoms with E-state index in [4.69, 9.17) is 0 Å². The molecule has 1 aromatic carbocycles. The minimum absolute atomic E-state index is 0.0419. The second kappa shape index (κ2) is 9.55. The van der Waals surface area contributed by atoms with E-state index < -0.39 is 0 Å². The third-order valence-corrected chi connectivity index (χ3v) is 6.74. The van der Waals surface area contributed by atoms with Gasteiger partial charge in [-0.15, -0.1) is 0 Å². The summed E-state index contributed by atoms with van der Waals surface area (Å²) in [7, 11) is 1.87. The zero-order chi connectivity index (χ0) is 20.1. The maximum Gasteiger partial charge on any atom is 0.239 e. The Bertz CT molecular complexity index is 647. The first-order valence-corrected chi connectivity index (χ1v) is 10.8. The van der Waals surface area contributed by atoms with Crippen molar-refractivity contribution in [3.05, 3.63) is 35.9 Å². The van der Waals surface area contributed by atoms with Gasteiger partial charge in [0.05, 0.1) is 6.04 Å². The molecule has 5 nitrogen and oxygen atoms in total. The van der Waals surface area contributed by atoms with Crippen LogP contribution in [-0.2, 0) is 16.0 Å². The van der Waals surface area contributed by atoms with Crippen LogP contribution < -0.4 is 0 Å². The summed E-state index contributed by atoms with van der Waals surface area (Å²) in [6.07, 6.45) is 5.24. The summed E-state index contributed by atoms with van der Waals surface area (Å²) in [4.78, 5) is 30.7. The first-order chi connectivity index (χ1) is 13.5. The normalized spacial score (nSPS) is 20.8. The number of hydrogen-bond acceptors (Lipinski definition) is 3. The lowest BCUT2D eigenvalue weighted by Gasteiger charge is -2.40.